The second kappa shape index (κ2) is 11.9. The minimum atomic E-state index is -0.0341. The van der Waals surface area contributed by atoms with Gasteiger partial charge in [0.1, 0.15) is 0 Å². The second-order valence-electron chi connectivity index (χ2n) is 5.06. The molecule has 0 unspecified atom stereocenters. The first-order valence-electron chi connectivity index (χ1n) is 7.64. The minimum Gasteiger partial charge on any atom is -0.372 e. The summed E-state index contributed by atoms with van der Waals surface area (Å²) in [4.78, 5) is 2.45. The predicted octanol–water partition coefficient (Wildman–Crippen LogP) is 3.12. The van der Waals surface area contributed by atoms with Crippen molar-refractivity contribution in [2.24, 2.45) is 21.7 Å². The topological polar surface area (TPSA) is 80.0 Å². The van der Waals surface area contributed by atoms with Crippen molar-refractivity contribution in [3.05, 3.63) is 29.8 Å². The number of unbranched alkanes of at least 4 members (excludes halogenated alkanes) is 2. The Bertz CT molecular complexity index is 444. The van der Waals surface area contributed by atoms with Crippen LogP contribution < -0.4 is 16.4 Å². The maximum absolute atomic E-state index is 5.22. The summed E-state index contributed by atoms with van der Waals surface area (Å²) in [7, 11) is 0. The monoisotopic (exact) mass is 325 g/mol. The molecule has 0 fully saturated rings. The lowest BCUT2D eigenvalue weighted by atomic mass is 10.2. The molecule has 0 aliphatic carbocycles. The summed E-state index contributed by atoms with van der Waals surface area (Å²) in [5, 5.41) is 7.40. The maximum atomic E-state index is 5.22. The third-order valence-electron chi connectivity index (χ3n) is 3.20. The summed E-state index contributed by atoms with van der Waals surface area (Å²) in [6.45, 7) is 6.67. The third-order valence-corrected chi connectivity index (χ3v) is 3.20. The molecule has 124 valence electrons. The number of halogens is 1. The Kier molecular flexibility index (Phi) is 10.9. The molecule has 0 aliphatic heterocycles. The zero-order valence-electron chi connectivity index (χ0n) is 13.5. The molecular weight excluding hydrogens is 298 g/mol. The SMILES string of the molecule is CCCCN(CCCC)c1ccc(C=NN=C(N)N)cc1.Cl. The molecule has 0 amide bonds. The first-order chi connectivity index (χ1) is 10.2. The fourth-order valence-corrected chi connectivity index (χ4v) is 2.00. The van der Waals surface area contributed by atoms with E-state index in [4.69, 9.17) is 11.5 Å². The molecule has 0 spiro atoms. The quantitative estimate of drug-likeness (QED) is 0.416. The van der Waals surface area contributed by atoms with Gasteiger partial charge < -0.3 is 16.4 Å². The Morgan fingerprint density at radius 2 is 1.59 bits per heavy atom. The van der Waals surface area contributed by atoms with Crippen molar-refractivity contribution in [3.63, 3.8) is 0 Å². The van der Waals surface area contributed by atoms with Crippen molar-refractivity contribution < 1.29 is 0 Å². The fraction of sp³-hybridized carbons (Fsp3) is 0.500. The van der Waals surface area contributed by atoms with Gasteiger partial charge in [-0.25, -0.2) is 0 Å². The molecule has 5 nitrogen and oxygen atoms in total. The lowest BCUT2D eigenvalue weighted by Crippen LogP contribution is -2.25. The normalized spacial score (nSPS) is 10.3. The molecule has 1 rings (SSSR count). The molecule has 0 saturated heterocycles. The van der Waals surface area contributed by atoms with Crippen molar-refractivity contribution in [3.8, 4) is 0 Å². The van der Waals surface area contributed by atoms with E-state index in [0.717, 1.165) is 18.7 Å². The standard InChI is InChI=1S/C16H27N5.ClH/c1-3-5-11-21(12-6-4-2)15-9-7-14(8-10-15)13-19-20-16(17)18;/h7-10,13H,3-6,11-12H2,1-2H3,(H4,17,18,20);1H. The van der Waals surface area contributed by atoms with E-state index in [1.807, 2.05) is 12.1 Å². The summed E-state index contributed by atoms with van der Waals surface area (Å²) in [6, 6.07) is 8.32. The molecule has 0 radical (unpaired) electrons. The van der Waals surface area contributed by atoms with Gasteiger partial charge in [-0.2, -0.15) is 5.10 Å². The number of hydrogen-bond acceptors (Lipinski definition) is 3. The van der Waals surface area contributed by atoms with Crippen LogP contribution in [-0.4, -0.2) is 25.3 Å². The van der Waals surface area contributed by atoms with Gasteiger partial charge in [0.15, 0.2) is 0 Å². The molecule has 1 aromatic carbocycles. The van der Waals surface area contributed by atoms with Crippen LogP contribution in [0.4, 0.5) is 5.69 Å². The fourth-order valence-electron chi connectivity index (χ4n) is 2.00. The van der Waals surface area contributed by atoms with Crippen LogP contribution in [0.5, 0.6) is 0 Å². The zero-order valence-corrected chi connectivity index (χ0v) is 14.4. The van der Waals surface area contributed by atoms with Crippen molar-refractivity contribution in [2.75, 3.05) is 18.0 Å². The van der Waals surface area contributed by atoms with E-state index in [9.17, 15) is 0 Å². The van der Waals surface area contributed by atoms with Gasteiger partial charge in [-0.1, -0.05) is 38.8 Å². The molecule has 0 atom stereocenters. The lowest BCUT2D eigenvalue weighted by Gasteiger charge is -2.24. The maximum Gasteiger partial charge on any atom is 0.211 e. The number of hydrogen-bond donors (Lipinski definition) is 2. The van der Waals surface area contributed by atoms with E-state index >= 15 is 0 Å². The minimum absolute atomic E-state index is 0. The Balaban J connectivity index is 0.00000441. The van der Waals surface area contributed by atoms with E-state index in [0.29, 0.717) is 0 Å². The average molecular weight is 326 g/mol. The van der Waals surface area contributed by atoms with E-state index < -0.39 is 0 Å². The smallest absolute Gasteiger partial charge is 0.211 e. The zero-order chi connectivity index (χ0) is 15.5. The molecule has 4 N–H and O–H groups in total. The van der Waals surface area contributed by atoms with E-state index in [1.54, 1.807) is 6.21 Å². The Morgan fingerprint density at radius 3 is 2.05 bits per heavy atom. The van der Waals surface area contributed by atoms with Crippen molar-refractivity contribution in [2.45, 2.75) is 39.5 Å². The van der Waals surface area contributed by atoms with Crippen molar-refractivity contribution in [1.82, 2.24) is 0 Å². The van der Waals surface area contributed by atoms with Crippen LogP contribution in [0.25, 0.3) is 0 Å². The number of anilines is 1. The molecule has 0 aromatic heterocycles. The molecule has 0 aliphatic rings. The molecule has 0 saturated carbocycles. The number of nitrogens with zero attached hydrogens (tertiary/aromatic N) is 3. The summed E-state index contributed by atoms with van der Waals surface area (Å²) in [6.07, 6.45) is 6.51. The lowest BCUT2D eigenvalue weighted by molar-refractivity contribution is 0.678. The number of benzene rings is 1. The van der Waals surface area contributed by atoms with Crippen LogP contribution in [0.15, 0.2) is 34.5 Å². The number of rotatable bonds is 9. The Morgan fingerprint density at radius 1 is 1.05 bits per heavy atom. The van der Waals surface area contributed by atoms with Crippen molar-refractivity contribution >= 4 is 30.3 Å². The highest BCUT2D eigenvalue weighted by atomic mass is 35.5. The van der Waals surface area contributed by atoms with Crippen LogP contribution in [0.1, 0.15) is 45.1 Å². The van der Waals surface area contributed by atoms with E-state index in [1.165, 1.54) is 31.4 Å². The van der Waals surface area contributed by atoms with Gasteiger partial charge in [0.25, 0.3) is 0 Å². The number of nitrogens with two attached hydrogens (primary N) is 2. The van der Waals surface area contributed by atoms with Gasteiger partial charge in [-0.15, -0.1) is 17.5 Å². The molecule has 0 bridgehead atoms. The molecular formula is C16H28ClN5. The second-order valence-corrected chi connectivity index (χ2v) is 5.06. The van der Waals surface area contributed by atoms with Crippen LogP contribution in [-0.2, 0) is 0 Å². The van der Waals surface area contributed by atoms with Crippen LogP contribution in [0, 0.1) is 0 Å². The Labute approximate surface area is 139 Å². The third kappa shape index (κ3) is 7.88. The molecule has 22 heavy (non-hydrogen) atoms. The summed E-state index contributed by atoms with van der Waals surface area (Å²) in [5.41, 5.74) is 12.7. The van der Waals surface area contributed by atoms with Gasteiger partial charge in [0.2, 0.25) is 5.96 Å². The van der Waals surface area contributed by atoms with Gasteiger partial charge in [0.05, 0.1) is 6.21 Å². The van der Waals surface area contributed by atoms with Crippen LogP contribution in [0.3, 0.4) is 0 Å². The predicted molar refractivity (Wildman–Crippen MR) is 99.1 cm³/mol. The molecule has 6 heteroatoms. The van der Waals surface area contributed by atoms with E-state index in [2.05, 4.69) is 41.1 Å². The number of guanidine groups is 1. The van der Waals surface area contributed by atoms with Gasteiger partial charge in [0, 0.05) is 18.8 Å². The highest BCUT2D eigenvalue weighted by Gasteiger charge is 2.05. The summed E-state index contributed by atoms with van der Waals surface area (Å²) < 4.78 is 0. The highest BCUT2D eigenvalue weighted by Crippen LogP contribution is 2.16. The van der Waals surface area contributed by atoms with Gasteiger partial charge >= 0.3 is 0 Å². The first kappa shape index (κ1) is 20.2. The van der Waals surface area contributed by atoms with Crippen molar-refractivity contribution in [1.29, 1.82) is 0 Å². The highest BCUT2D eigenvalue weighted by molar-refractivity contribution is 5.85. The Hall–Kier alpha value is -1.75. The largest absolute Gasteiger partial charge is 0.372 e. The molecule has 0 heterocycles. The van der Waals surface area contributed by atoms with E-state index in [-0.39, 0.29) is 18.4 Å². The van der Waals surface area contributed by atoms with Crippen LogP contribution >= 0.6 is 12.4 Å². The van der Waals surface area contributed by atoms with Gasteiger partial charge in [-0.05, 0) is 30.5 Å². The summed E-state index contributed by atoms with van der Waals surface area (Å²) >= 11 is 0. The first-order valence-corrected chi connectivity index (χ1v) is 7.64. The summed E-state index contributed by atoms with van der Waals surface area (Å²) in [5.74, 6) is -0.0341. The van der Waals surface area contributed by atoms with Gasteiger partial charge in [-0.3, -0.25) is 0 Å². The molecule has 1 aromatic rings. The van der Waals surface area contributed by atoms with Crippen LogP contribution in [0.2, 0.25) is 0 Å². The average Bonchev–Trinajstić information content (AvgIpc) is 2.48.